The van der Waals surface area contributed by atoms with Crippen LogP contribution in [0.2, 0.25) is 0 Å². The van der Waals surface area contributed by atoms with Crippen LogP contribution in [0.1, 0.15) is 24.6 Å². The Morgan fingerprint density at radius 2 is 2.25 bits per heavy atom. The van der Waals surface area contributed by atoms with Gasteiger partial charge < -0.3 is 5.32 Å². The van der Waals surface area contributed by atoms with Crippen molar-refractivity contribution in [2.75, 3.05) is 19.6 Å². The zero-order chi connectivity index (χ0) is 14.6. The van der Waals surface area contributed by atoms with Crippen molar-refractivity contribution in [2.24, 2.45) is 0 Å². The van der Waals surface area contributed by atoms with E-state index in [2.05, 4.69) is 11.9 Å². The highest BCUT2D eigenvalue weighted by atomic mass is 32.2. The fraction of sp³-hybridized carbons (Fsp3) is 0.571. The van der Waals surface area contributed by atoms with E-state index < -0.39 is 10.0 Å². The van der Waals surface area contributed by atoms with Crippen molar-refractivity contribution < 1.29 is 8.42 Å². The van der Waals surface area contributed by atoms with Crippen molar-refractivity contribution in [3.63, 3.8) is 0 Å². The van der Waals surface area contributed by atoms with Crippen LogP contribution in [0.15, 0.2) is 29.0 Å². The predicted octanol–water partition coefficient (Wildman–Crippen LogP) is 2.24. The molecule has 1 aromatic rings. The minimum Gasteiger partial charge on any atom is -0.314 e. The highest BCUT2D eigenvalue weighted by Gasteiger charge is 2.24. The molecule has 4 nitrogen and oxygen atoms in total. The minimum atomic E-state index is -3.36. The smallest absolute Gasteiger partial charge is 0.252 e. The van der Waals surface area contributed by atoms with Gasteiger partial charge in [0.25, 0.3) is 10.0 Å². The van der Waals surface area contributed by atoms with Gasteiger partial charge >= 0.3 is 0 Å². The lowest BCUT2D eigenvalue weighted by atomic mass is 10.3. The second kappa shape index (κ2) is 6.85. The molecular formula is C14H22N2O2S2. The quantitative estimate of drug-likeness (QED) is 0.711. The highest BCUT2D eigenvalue weighted by molar-refractivity contribution is 7.91. The van der Waals surface area contributed by atoms with Crippen molar-refractivity contribution in [3.8, 4) is 0 Å². The van der Waals surface area contributed by atoms with Crippen LogP contribution >= 0.6 is 11.3 Å². The maximum absolute atomic E-state index is 12.4. The fourth-order valence-electron chi connectivity index (χ4n) is 1.99. The Morgan fingerprint density at radius 3 is 2.85 bits per heavy atom. The summed E-state index contributed by atoms with van der Waals surface area (Å²) in [6, 6.07) is 4.34. The van der Waals surface area contributed by atoms with Gasteiger partial charge in [-0.1, -0.05) is 13.0 Å². The molecule has 1 heterocycles. The molecule has 6 heteroatoms. The van der Waals surface area contributed by atoms with Gasteiger partial charge in [0.05, 0.1) is 0 Å². The maximum atomic E-state index is 12.4. The second-order valence-corrected chi connectivity index (χ2v) is 8.28. The van der Waals surface area contributed by atoms with Gasteiger partial charge in [0.15, 0.2) is 0 Å². The van der Waals surface area contributed by atoms with Crippen LogP contribution < -0.4 is 5.32 Å². The Labute approximate surface area is 125 Å². The molecule has 20 heavy (non-hydrogen) atoms. The van der Waals surface area contributed by atoms with Crippen molar-refractivity contribution in [2.45, 2.75) is 36.4 Å². The van der Waals surface area contributed by atoms with Gasteiger partial charge in [-0.2, -0.15) is 4.31 Å². The van der Waals surface area contributed by atoms with E-state index in [9.17, 15) is 8.42 Å². The topological polar surface area (TPSA) is 49.4 Å². The third kappa shape index (κ3) is 3.91. The zero-order valence-electron chi connectivity index (χ0n) is 11.8. The second-order valence-electron chi connectivity index (χ2n) is 4.94. The summed E-state index contributed by atoms with van der Waals surface area (Å²) in [5, 5.41) is 3.44. The molecule has 1 aliphatic rings. The van der Waals surface area contributed by atoms with E-state index >= 15 is 0 Å². The van der Waals surface area contributed by atoms with Crippen LogP contribution in [0.5, 0.6) is 0 Å². The molecule has 0 bridgehead atoms. The summed E-state index contributed by atoms with van der Waals surface area (Å²) in [5.41, 5.74) is 0. The number of rotatable bonds is 9. The molecule has 1 fully saturated rings. The summed E-state index contributed by atoms with van der Waals surface area (Å²) in [6.07, 6.45) is 5.06. The van der Waals surface area contributed by atoms with E-state index in [1.807, 2.05) is 13.0 Å². The predicted molar refractivity (Wildman–Crippen MR) is 83.7 cm³/mol. The molecule has 0 atom stereocenters. The number of nitrogens with one attached hydrogen (secondary N) is 1. The summed E-state index contributed by atoms with van der Waals surface area (Å²) in [7, 11) is -3.36. The number of nitrogens with zero attached hydrogens (tertiary/aromatic N) is 1. The van der Waals surface area contributed by atoms with Crippen molar-refractivity contribution in [1.29, 1.82) is 0 Å². The van der Waals surface area contributed by atoms with E-state index in [1.54, 1.807) is 12.1 Å². The Bertz CT molecular complexity index is 547. The molecule has 0 radical (unpaired) electrons. The molecule has 2 rings (SSSR count). The van der Waals surface area contributed by atoms with Gasteiger partial charge in [0.1, 0.15) is 4.21 Å². The molecule has 0 amide bonds. The number of thiophene rings is 1. The Balaban J connectivity index is 1.99. The first-order valence-corrected chi connectivity index (χ1v) is 9.26. The molecule has 0 saturated heterocycles. The molecule has 1 N–H and O–H groups in total. The average molecular weight is 314 g/mol. The first-order chi connectivity index (χ1) is 9.57. The Hall–Kier alpha value is -0.690. The monoisotopic (exact) mass is 314 g/mol. The molecule has 0 unspecified atom stereocenters. The summed E-state index contributed by atoms with van der Waals surface area (Å²) in [6.45, 7) is 7.20. The van der Waals surface area contributed by atoms with Crippen LogP contribution in [0.4, 0.5) is 0 Å². The summed E-state index contributed by atoms with van der Waals surface area (Å²) in [4.78, 5) is 1.12. The van der Waals surface area contributed by atoms with Crippen molar-refractivity contribution in [1.82, 2.24) is 9.62 Å². The number of hydrogen-bond acceptors (Lipinski definition) is 4. The van der Waals surface area contributed by atoms with Crippen molar-refractivity contribution >= 4 is 21.4 Å². The number of sulfonamides is 1. The standard InChI is InChI=1S/C14H22N2O2S2/c1-3-11-16(4-2)20(17,18)14-8-7-13(19-14)9-10-15-12-5-6-12/h3,7-8,12,15H,1,4-6,9-11H2,2H3. The average Bonchev–Trinajstić information content (AvgIpc) is 3.11. The summed E-state index contributed by atoms with van der Waals surface area (Å²) in [5.74, 6) is 0. The molecule has 1 aliphatic carbocycles. The van der Waals surface area contributed by atoms with Crippen LogP contribution in [0, 0.1) is 0 Å². The van der Waals surface area contributed by atoms with Crippen LogP contribution in [-0.4, -0.2) is 38.4 Å². The molecule has 0 aromatic carbocycles. The third-order valence-electron chi connectivity index (χ3n) is 3.30. The Morgan fingerprint density at radius 1 is 1.50 bits per heavy atom. The Kier molecular flexibility index (Phi) is 5.37. The third-order valence-corrected chi connectivity index (χ3v) is 6.85. The lowest BCUT2D eigenvalue weighted by Crippen LogP contribution is -2.30. The SMILES string of the molecule is C=CCN(CC)S(=O)(=O)c1ccc(CCNC2CC2)s1. The molecule has 1 aromatic heterocycles. The zero-order valence-corrected chi connectivity index (χ0v) is 13.5. The lowest BCUT2D eigenvalue weighted by molar-refractivity contribution is 0.461. The normalized spacial score (nSPS) is 15.7. The molecule has 112 valence electrons. The molecule has 0 spiro atoms. The van der Waals surface area contributed by atoms with E-state index in [-0.39, 0.29) is 0 Å². The van der Waals surface area contributed by atoms with E-state index in [0.29, 0.717) is 23.3 Å². The van der Waals surface area contributed by atoms with Crippen LogP contribution in [-0.2, 0) is 16.4 Å². The molecular weight excluding hydrogens is 292 g/mol. The van der Waals surface area contributed by atoms with Gasteiger partial charge in [-0.15, -0.1) is 17.9 Å². The van der Waals surface area contributed by atoms with Crippen LogP contribution in [0.25, 0.3) is 0 Å². The number of likely N-dealkylation sites (N-methyl/N-ethyl adjacent to an activating group) is 1. The van der Waals surface area contributed by atoms with Gasteiger partial charge in [0, 0.05) is 30.6 Å². The van der Waals surface area contributed by atoms with Gasteiger partial charge in [-0.3, -0.25) is 0 Å². The van der Waals surface area contributed by atoms with E-state index in [0.717, 1.165) is 17.8 Å². The molecule has 1 saturated carbocycles. The number of hydrogen-bond donors (Lipinski definition) is 1. The van der Waals surface area contributed by atoms with E-state index in [4.69, 9.17) is 0 Å². The first-order valence-electron chi connectivity index (χ1n) is 7.01. The summed E-state index contributed by atoms with van der Waals surface area (Å²) < 4.78 is 26.7. The highest BCUT2D eigenvalue weighted by Crippen LogP contribution is 2.25. The summed E-state index contributed by atoms with van der Waals surface area (Å²) >= 11 is 1.38. The first kappa shape index (κ1) is 15.7. The van der Waals surface area contributed by atoms with Gasteiger partial charge in [-0.25, -0.2) is 8.42 Å². The van der Waals surface area contributed by atoms with Crippen LogP contribution in [0.3, 0.4) is 0 Å². The largest absolute Gasteiger partial charge is 0.314 e. The van der Waals surface area contributed by atoms with Gasteiger partial charge in [0.2, 0.25) is 0 Å². The van der Waals surface area contributed by atoms with E-state index in [1.165, 1.54) is 28.5 Å². The fourth-order valence-corrected chi connectivity index (χ4v) is 4.92. The molecule has 0 aliphatic heterocycles. The van der Waals surface area contributed by atoms with Gasteiger partial charge in [-0.05, 0) is 31.4 Å². The minimum absolute atomic E-state index is 0.356. The van der Waals surface area contributed by atoms with Crippen molar-refractivity contribution in [3.05, 3.63) is 29.7 Å². The lowest BCUT2D eigenvalue weighted by Gasteiger charge is -2.17. The maximum Gasteiger partial charge on any atom is 0.252 e.